The van der Waals surface area contributed by atoms with Crippen LogP contribution in [0.2, 0.25) is 5.02 Å². The van der Waals surface area contributed by atoms with E-state index in [1.807, 2.05) is 18.2 Å². The quantitative estimate of drug-likeness (QED) is 0.733. The molecule has 0 aliphatic heterocycles. The van der Waals surface area contributed by atoms with Crippen LogP contribution >= 0.6 is 11.6 Å². The number of hydrogen-bond acceptors (Lipinski definition) is 5. The minimum Gasteiger partial charge on any atom is -0.504 e. The molecule has 3 aromatic rings. The van der Waals surface area contributed by atoms with Crippen molar-refractivity contribution in [3.8, 4) is 17.2 Å². The number of nitrogens with one attached hydrogen (secondary N) is 1. The fourth-order valence-corrected chi connectivity index (χ4v) is 2.57. The van der Waals surface area contributed by atoms with E-state index < -0.39 is 5.56 Å². The summed E-state index contributed by atoms with van der Waals surface area (Å²) in [5.41, 5.74) is 1.21. The Morgan fingerprint density at radius 1 is 1.20 bits per heavy atom. The van der Waals surface area contributed by atoms with Crippen LogP contribution in [0.4, 0.5) is 5.69 Å². The Morgan fingerprint density at radius 3 is 2.68 bits per heavy atom. The molecule has 2 N–H and O–H groups in total. The predicted molar refractivity (Wildman–Crippen MR) is 96.8 cm³/mol. The first kappa shape index (κ1) is 16.9. The molecule has 0 aliphatic rings. The third-order valence-corrected chi connectivity index (χ3v) is 4.06. The summed E-state index contributed by atoms with van der Waals surface area (Å²) in [6.07, 6.45) is 1.48. The van der Waals surface area contributed by atoms with Gasteiger partial charge < -0.3 is 15.2 Å². The second-order valence-corrected chi connectivity index (χ2v) is 5.62. The van der Waals surface area contributed by atoms with Gasteiger partial charge in [0.15, 0.2) is 11.5 Å². The lowest BCUT2D eigenvalue weighted by atomic mass is 10.2. The van der Waals surface area contributed by atoms with Gasteiger partial charge in [-0.05, 0) is 18.2 Å². The number of anilines is 1. The van der Waals surface area contributed by atoms with E-state index >= 15 is 0 Å². The first-order valence-corrected chi connectivity index (χ1v) is 7.91. The van der Waals surface area contributed by atoms with Crippen LogP contribution < -0.4 is 15.6 Å². The van der Waals surface area contributed by atoms with Gasteiger partial charge in [-0.2, -0.15) is 9.78 Å². The molecule has 0 bridgehead atoms. The lowest BCUT2D eigenvalue weighted by molar-refractivity contribution is 0.371. The van der Waals surface area contributed by atoms with Crippen molar-refractivity contribution in [2.45, 2.75) is 6.54 Å². The summed E-state index contributed by atoms with van der Waals surface area (Å²) in [6, 6.07) is 14.2. The molecule has 0 saturated carbocycles. The molecule has 2 aromatic carbocycles. The van der Waals surface area contributed by atoms with Gasteiger partial charge >= 0.3 is 0 Å². The maximum atomic E-state index is 12.4. The standard InChI is InChI=1S/C18H16ClN3O3/c1-25-15-9-5-6-12(17(15)23)10-20-14-11-21-22(18(24)16(14)19)13-7-3-2-4-8-13/h2-9,11,20,23H,10H2,1H3. The molecular formula is C18H16ClN3O3. The number of halogens is 1. The zero-order valence-electron chi connectivity index (χ0n) is 13.4. The van der Waals surface area contributed by atoms with E-state index in [-0.39, 0.29) is 17.3 Å². The average Bonchev–Trinajstić information content (AvgIpc) is 2.64. The number of rotatable bonds is 5. The smallest absolute Gasteiger partial charge is 0.292 e. The van der Waals surface area contributed by atoms with Gasteiger partial charge in [-0.25, -0.2) is 0 Å². The van der Waals surface area contributed by atoms with Gasteiger partial charge in [0.2, 0.25) is 0 Å². The number of ether oxygens (including phenoxy) is 1. The molecule has 0 atom stereocenters. The first-order chi connectivity index (χ1) is 12.1. The molecule has 0 radical (unpaired) electrons. The van der Waals surface area contributed by atoms with Crippen LogP contribution in [-0.4, -0.2) is 22.0 Å². The van der Waals surface area contributed by atoms with E-state index in [0.717, 1.165) is 0 Å². The second-order valence-electron chi connectivity index (χ2n) is 5.25. The molecule has 0 aliphatic carbocycles. The minimum atomic E-state index is -0.423. The summed E-state index contributed by atoms with van der Waals surface area (Å²) in [5, 5.41) is 17.3. The highest BCUT2D eigenvalue weighted by molar-refractivity contribution is 6.32. The summed E-state index contributed by atoms with van der Waals surface area (Å²) in [7, 11) is 1.48. The molecule has 0 saturated heterocycles. The van der Waals surface area contributed by atoms with E-state index in [4.69, 9.17) is 16.3 Å². The van der Waals surface area contributed by atoms with Gasteiger partial charge in [0.05, 0.1) is 24.7 Å². The Hall–Kier alpha value is -2.99. The van der Waals surface area contributed by atoms with Crippen molar-refractivity contribution in [2.24, 2.45) is 0 Å². The van der Waals surface area contributed by atoms with Gasteiger partial charge in [-0.3, -0.25) is 4.79 Å². The number of aromatic nitrogens is 2. The third-order valence-electron chi connectivity index (χ3n) is 3.69. The van der Waals surface area contributed by atoms with Crippen molar-refractivity contribution < 1.29 is 9.84 Å². The molecule has 0 spiro atoms. The summed E-state index contributed by atoms with van der Waals surface area (Å²) >= 11 is 6.19. The molecule has 1 aromatic heterocycles. The van der Waals surface area contributed by atoms with Crippen LogP contribution in [-0.2, 0) is 6.54 Å². The molecule has 0 unspecified atom stereocenters. The molecule has 6 nitrogen and oxygen atoms in total. The fraction of sp³-hybridized carbons (Fsp3) is 0.111. The molecule has 7 heteroatoms. The van der Waals surface area contributed by atoms with Gasteiger partial charge in [0.1, 0.15) is 5.02 Å². The summed E-state index contributed by atoms with van der Waals surface area (Å²) < 4.78 is 6.31. The van der Waals surface area contributed by atoms with Crippen molar-refractivity contribution in [1.29, 1.82) is 0 Å². The number of methoxy groups -OCH3 is 1. The SMILES string of the molecule is COc1cccc(CNc2cnn(-c3ccccc3)c(=O)c2Cl)c1O. The number of aromatic hydroxyl groups is 1. The van der Waals surface area contributed by atoms with Crippen LogP contribution in [0.25, 0.3) is 5.69 Å². The van der Waals surface area contributed by atoms with Crippen molar-refractivity contribution in [3.63, 3.8) is 0 Å². The van der Waals surface area contributed by atoms with Crippen molar-refractivity contribution in [1.82, 2.24) is 9.78 Å². The number of hydrogen-bond donors (Lipinski definition) is 2. The van der Waals surface area contributed by atoms with Crippen molar-refractivity contribution in [3.05, 3.63) is 75.7 Å². The molecule has 128 valence electrons. The molecule has 0 fully saturated rings. The first-order valence-electron chi connectivity index (χ1n) is 7.53. The predicted octanol–water partition coefficient (Wildman–Crippen LogP) is 3.21. The topological polar surface area (TPSA) is 76.4 Å². The monoisotopic (exact) mass is 357 g/mol. The average molecular weight is 358 g/mol. The molecule has 0 amide bonds. The van der Waals surface area contributed by atoms with E-state index in [9.17, 15) is 9.90 Å². The molecule has 25 heavy (non-hydrogen) atoms. The Bertz CT molecular complexity index is 942. The van der Waals surface area contributed by atoms with Crippen LogP contribution in [0.1, 0.15) is 5.56 Å². The second kappa shape index (κ2) is 7.27. The van der Waals surface area contributed by atoms with Crippen molar-refractivity contribution in [2.75, 3.05) is 12.4 Å². The maximum Gasteiger partial charge on any atom is 0.292 e. The highest BCUT2D eigenvalue weighted by Crippen LogP contribution is 2.30. The van der Waals surface area contributed by atoms with E-state index in [1.54, 1.807) is 30.3 Å². The number of phenolic OH excluding ortho intramolecular Hbond substituents is 1. The van der Waals surface area contributed by atoms with Crippen LogP contribution in [0.3, 0.4) is 0 Å². The summed E-state index contributed by atoms with van der Waals surface area (Å²) in [6.45, 7) is 0.263. The van der Waals surface area contributed by atoms with Gasteiger partial charge in [0.25, 0.3) is 5.56 Å². The highest BCUT2D eigenvalue weighted by Gasteiger charge is 2.12. The Labute approximate surface area is 149 Å². The third kappa shape index (κ3) is 3.44. The number of phenols is 1. The molecular weight excluding hydrogens is 342 g/mol. The van der Waals surface area contributed by atoms with Crippen LogP contribution in [0.5, 0.6) is 11.5 Å². The van der Waals surface area contributed by atoms with Crippen molar-refractivity contribution >= 4 is 17.3 Å². The van der Waals surface area contributed by atoms with E-state index in [0.29, 0.717) is 22.7 Å². The van der Waals surface area contributed by atoms with Gasteiger partial charge in [-0.15, -0.1) is 0 Å². The normalized spacial score (nSPS) is 10.5. The molecule has 1 heterocycles. The van der Waals surface area contributed by atoms with E-state index in [1.165, 1.54) is 18.0 Å². The maximum absolute atomic E-state index is 12.4. The Balaban J connectivity index is 1.85. The number of benzene rings is 2. The largest absolute Gasteiger partial charge is 0.504 e. The molecule has 3 rings (SSSR count). The van der Waals surface area contributed by atoms with E-state index in [2.05, 4.69) is 10.4 Å². The number of nitrogens with zero attached hydrogens (tertiary/aromatic N) is 2. The summed E-state index contributed by atoms with van der Waals surface area (Å²) in [4.78, 5) is 12.4. The van der Waals surface area contributed by atoms with Crippen LogP contribution in [0, 0.1) is 0 Å². The minimum absolute atomic E-state index is 0.0289. The Kier molecular flexibility index (Phi) is 4.90. The van der Waals surface area contributed by atoms with Gasteiger partial charge in [0, 0.05) is 12.1 Å². The highest BCUT2D eigenvalue weighted by atomic mass is 35.5. The lowest BCUT2D eigenvalue weighted by Gasteiger charge is -2.12. The summed E-state index contributed by atoms with van der Waals surface area (Å²) in [5.74, 6) is 0.419. The fourth-order valence-electron chi connectivity index (χ4n) is 2.37. The number of para-hydroxylation sites is 2. The zero-order valence-corrected chi connectivity index (χ0v) is 14.2. The van der Waals surface area contributed by atoms with Gasteiger partial charge in [-0.1, -0.05) is 41.9 Å². The zero-order chi connectivity index (χ0) is 17.8. The van der Waals surface area contributed by atoms with Crippen LogP contribution in [0.15, 0.2) is 59.5 Å². The Morgan fingerprint density at radius 2 is 1.96 bits per heavy atom. The lowest BCUT2D eigenvalue weighted by Crippen LogP contribution is -2.22.